The van der Waals surface area contributed by atoms with Gasteiger partial charge in [0.15, 0.2) is 5.82 Å². The van der Waals surface area contributed by atoms with Gasteiger partial charge in [0.05, 0.1) is 0 Å². The zero-order valence-electron chi connectivity index (χ0n) is 15.4. The summed E-state index contributed by atoms with van der Waals surface area (Å²) >= 11 is 0. The maximum absolute atomic E-state index is 4.54. The Bertz CT molecular complexity index is 767. The molecule has 2 aliphatic rings. The lowest BCUT2D eigenvalue weighted by atomic mass is 10.3. The van der Waals surface area contributed by atoms with Gasteiger partial charge in [-0.25, -0.2) is 5.43 Å². The monoisotopic (exact) mass is 363 g/mol. The second kappa shape index (κ2) is 8.62. The number of hydrazone groups is 2. The van der Waals surface area contributed by atoms with Crippen molar-refractivity contribution in [3.05, 3.63) is 36.4 Å². The summed E-state index contributed by atoms with van der Waals surface area (Å²) in [7, 11) is 0. The highest BCUT2D eigenvalue weighted by Gasteiger charge is 2.11. The molecule has 7 heteroatoms. The first-order valence-electron chi connectivity index (χ1n) is 9.69. The van der Waals surface area contributed by atoms with E-state index in [1.54, 1.807) is 0 Å². The van der Waals surface area contributed by atoms with Crippen LogP contribution in [0.2, 0.25) is 0 Å². The van der Waals surface area contributed by atoms with Crippen molar-refractivity contribution in [2.24, 2.45) is 10.2 Å². The highest BCUT2D eigenvalue weighted by Crippen LogP contribution is 2.21. The minimum absolute atomic E-state index is 0.462. The van der Waals surface area contributed by atoms with E-state index in [1.807, 2.05) is 36.4 Å². The lowest BCUT2D eigenvalue weighted by Gasteiger charge is -2.10. The average Bonchev–Trinajstić information content (AvgIpc) is 3.39. The van der Waals surface area contributed by atoms with Gasteiger partial charge in [-0.15, -0.1) is 0 Å². The molecule has 2 fully saturated rings. The summed E-state index contributed by atoms with van der Waals surface area (Å²) in [6.45, 7) is 0. The van der Waals surface area contributed by atoms with Gasteiger partial charge < -0.3 is 5.32 Å². The number of para-hydroxylation sites is 1. The number of aromatic nitrogens is 2. The molecule has 1 heterocycles. The number of hydrogen-bond donors (Lipinski definition) is 3. The zero-order chi connectivity index (χ0) is 18.3. The first-order valence-corrected chi connectivity index (χ1v) is 9.69. The lowest BCUT2D eigenvalue weighted by Crippen LogP contribution is -2.06. The van der Waals surface area contributed by atoms with Crippen molar-refractivity contribution in [2.45, 2.75) is 51.4 Å². The van der Waals surface area contributed by atoms with E-state index in [4.69, 9.17) is 0 Å². The van der Waals surface area contributed by atoms with Gasteiger partial charge in [0.1, 0.15) is 5.82 Å². The van der Waals surface area contributed by atoms with Gasteiger partial charge >= 0.3 is 0 Å². The third kappa shape index (κ3) is 5.03. The van der Waals surface area contributed by atoms with Gasteiger partial charge in [-0.05, 0) is 63.5 Å². The Hall–Kier alpha value is -2.96. The fraction of sp³-hybridized carbons (Fsp3) is 0.400. The summed E-state index contributed by atoms with van der Waals surface area (Å²) < 4.78 is 0. The van der Waals surface area contributed by atoms with Crippen molar-refractivity contribution >= 4 is 34.7 Å². The molecule has 0 unspecified atom stereocenters. The second-order valence-electron chi connectivity index (χ2n) is 6.95. The summed E-state index contributed by atoms with van der Waals surface area (Å²) in [4.78, 5) is 9.05. The van der Waals surface area contributed by atoms with Crippen LogP contribution in [-0.4, -0.2) is 21.4 Å². The molecule has 0 saturated heterocycles. The average molecular weight is 363 g/mol. The smallest absolute Gasteiger partial charge is 0.247 e. The van der Waals surface area contributed by atoms with Gasteiger partial charge in [0.2, 0.25) is 5.95 Å². The number of benzene rings is 1. The minimum atomic E-state index is 0.462. The van der Waals surface area contributed by atoms with E-state index >= 15 is 0 Å². The molecule has 2 aromatic rings. The maximum Gasteiger partial charge on any atom is 0.247 e. The van der Waals surface area contributed by atoms with E-state index in [9.17, 15) is 0 Å². The van der Waals surface area contributed by atoms with Crippen LogP contribution >= 0.6 is 0 Å². The number of hydrogen-bond acceptors (Lipinski definition) is 7. The molecule has 0 radical (unpaired) electrons. The Balaban J connectivity index is 1.54. The van der Waals surface area contributed by atoms with Crippen molar-refractivity contribution < 1.29 is 0 Å². The predicted molar refractivity (Wildman–Crippen MR) is 111 cm³/mol. The normalized spacial score (nSPS) is 16.3. The van der Waals surface area contributed by atoms with Crippen LogP contribution in [0.3, 0.4) is 0 Å². The van der Waals surface area contributed by atoms with Crippen LogP contribution in [0.4, 0.5) is 23.3 Å². The third-order valence-electron chi connectivity index (χ3n) is 4.78. The molecular weight excluding hydrogens is 338 g/mol. The van der Waals surface area contributed by atoms with Crippen molar-refractivity contribution in [1.82, 2.24) is 9.97 Å². The van der Waals surface area contributed by atoms with Crippen LogP contribution in [0.25, 0.3) is 0 Å². The molecule has 2 aliphatic carbocycles. The maximum atomic E-state index is 4.54. The van der Waals surface area contributed by atoms with Gasteiger partial charge in [-0.3, -0.25) is 5.43 Å². The first-order chi connectivity index (χ1) is 13.3. The van der Waals surface area contributed by atoms with Crippen LogP contribution in [0.5, 0.6) is 0 Å². The van der Waals surface area contributed by atoms with E-state index in [0.717, 1.165) is 31.4 Å². The number of rotatable bonds is 6. The van der Waals surface area contributed by atoms with Crippen molar-refractivity contribution in [3.63, 3.8) is 0 Å². The van der Waals surface area contributed by atoms with E-state index in [1.165, 1.54) is 37.1 Å². The zero-order valence-corrected chi connectivity index (χ0v) is 15.4. The quantitative estimate of drug-likeness (QED) is 0.635. The van der Waals surface area contributed by atoms with Gasteiger partial charge in [-0.2, -0.15) is 20.2 Å². The summed E-state index contributed by atoms with van der Waals surface area (Å²) in [5.74, 6) is 1.81. The topological polar surface area (TPSA) is 86.6 Å². The fourth-order valence-electron chi connectivity index (χ4n) is 3.34. The molecule has 1 aromatic heterocycles. The van der Waals surface area contributed by atoms with Gasteiger partial charge in [0, 0.05) is 23.2 Å². The Morgan fingerprint density at radius 2 is 1.30 bits per heavy atom. The first kappa shape index (κ1) is 17.5. The largest absolute Gasteiger partial charge is 0.340 e. The molecule has 0 atom stereocenters. The molecule has 0 spiro atoms. The lowest BCUT2D eigenvalue weighted by molar-refractivity contribution is 0.886. The Morgan fingerprint density at radius 3 is 1.96 bits per heavy atom. The number of nitrogens with one attached hydrogen (secondary N) is 3. The summed E-state index contributed by atoms with van der Waals surface area (Å²) in [5, 5.41) is 12.3. The highest BCUT2D eigenvalue weighted by molar-refractivity contribution is 5.87. The Kier molecular flexibility index (Phi) is 5.57. The molecule has 0 aliphatic heterocycles. The number of anilines is 4. The van der Waals surface area contributed by atoms with E-state index in [2.05, 4.69) is 36.3 Å². The third-order valence-corrected chi connectivity index (χ3v) is 4.78. The van der Waals surface area contributed by atoms with Gasteiger partial charge in [-0.1, -0.05) is 18.2 Å². The van der Waals surface area contributed by atoms with Crippen LogP contribution in [0.15, 0.2) is 46.6 Å². The molecular formula is C20H25N7. The van der Waals surface area contributed by atoms with Crippen LogP contribution in [-0.2, 0) is 0 Å². The Labute approximate surface area is 159 Å². The highest BCUT2D eigenvalue weighted by atomic mass is 15.4. The summed E-state index contributed by atoms with van der Waals surface area (Å²) in [6.07, 6.45) is 9.08. The molecule has 4 rings (SSSR count). The minimum Gasteiger partial charge on any atom is -0.340 e. The standard InChI is InChI=1S/C20H25N7/c1-2-8-15(9-3-1)21-18-14-19(26-24-16-10-4-5-11-16)23-20(22-18)27-25-17-12-6-7-13-17/h1-3,8-9,14H,4-7,10-13H2,(H3,21,22,23,26,27). The van der Waals surface area contributed by atoms with E-state index in [0.29, 0.717) is 17.6 Å². The molecule has 27 heavy (non-hydrogen) atoms. The summed E-state index contributed by atoms with van der Waals surface area (Å²) in [5.41, 5.74) is 9.46. The SMILES string of the molecule is c1ccc(Nc2cc(NN=C3CCCC3)nc(NN=C3CCCC3)n2)cc1. The summed E-state index contributed by atoms with van der Waals surface area (Å²) in [6, 6.07) is 11.8. The second-order valence-corrected chi connectivity index (χ2v) is 6.95. The van der Waals surface area contributed by atoms with E-state index < -0.39 is 0 Å². The van der Waals surface area contributed by atoms with Crippen LogP contribution in [0.1, 0.15) is 51.4 Å². The molecule has 7 nitrogen and oxygen atoms in total. The van der Waals surface area contributed by atoms with Crippen LogP contribution in [0, 0.1) is 0 Å². The fourth-order valence-corrected chi connectivity index (χ4v) is 3.34. The van der Waals surface area contributed by atoms with Crippen LogP contribution < -0.4 is 16.2 Å². The van der Waals surface area contributed by atoms with Crippen molar-refractivity contribution in [3.8, 4) is 0 Å². The molecule has 140 valence electrons. The molecule has 1 aromatic carbocycles. The van der Waals surface area contributed by atoms with E-state index in [-0.39, 0.29) is 0 Å². The molecule has 2 saturated carbocycles. The molecule has 0 amide bonds. The van der Waals surface area contributed by atoms with Crippen molar-refractivity contribution in [2.75, 3.05) is 16.2 Å². The van der Waals surface area contributed by atoms with Crippen molar-refractivity contribution in [1.29, 1.82) is 0 Å². The molecule has 0 bridgehead atoms. The number of nitrogens with zero attached hydrogens (tertiary/aromatic N) is 4. The predicted octanol–water partition coefficient (Wildman–Crippen LogP) is 4.90. The Morgan fingerprint density at radius 1 is 0.704 bits per heavy atom. The van der Waals surface area contributed by atoms with Gasteiger partial charge in [0.25, 0.3) is 0 Å². The molecule has 3 N–H and O–H groups in total.